The number of anilines is 1. The molecule has 2 atom stereocenters. The van der Waals surface area contributed by atoms with E-state index >= 15 is 0 Å². The van der Waals surface area contributed by atoms with Crippen LogP contribution in [0.15, 0.2) is 21.5 Å². The third-order valence-electron chi connectivity index (χ3n) is 6.39. The van der Waals surface area contributed by atoms with Crippen LogP contribution in [0.1, 0.15) is 48.9 Å². The molecule has 2 heterocycles. The number of carbonyl (C=O) groups excluding carboxylic acids is 1. The first-order valence-electron chi connectivity index (χ1n) is 10.4. The van der Waals surface area contributed by atoms with Crippen LogP contribution in [0.5, 0.6) is 5.88 Å². The van der Waals surface area contributed by atoms with Gasteiger partial charge in [0.1, 0.15) is 11.8 Å². The predicted molar refractivity (Wildman–Crippen MR) is 110 cm³/mol. The van der Waals surface area contributed by atoms with E-state index in [4.69, 9.17) is 4.74 Å². The fraction of sp³-hybridized carbons (Fsp3) is 0.524. The van der Waals surface area contributed by atoms with Gasteiger partial charge < -0.3 is 18.6 Å². The van der Waals surface area contributed by atoms with E-state index < -0.39 is 28.4 Å². The lowest BCUT2D eigenvalue weighted by molar-refractivity contribution is 0.105. The van der Waals surface area contributed by atoms with Gasteiger partial charge in [-0.05, 0) is 59.8 Å². The summed E-state index contributed by atoms with van der Waals surface area (Å²) in [6.45, 7) is 4.54. The highest BCUT2D eigenvalue weighted by molar-refractivity contribution is 7.75. The second kappa shape index (κ2) is 7.08. The van der Waals surface area contributed by atoms with Crippen LogP contribution in [-0.2, 0) is 47.0 Å². The second-order valence-corrected chi connectivity index (χ2v) is 9.65. The van der Waals surface area contributed by atoms with Crippen LogP contribution in [0, 0.1) is 0 Å². The first-order chi connectivity index (χ1) is 14.4. The molecule has 0 unspecified atom stereocenters. The highest BCUT2D eigenvalue weighted by atomic mass is 32.2. The number of hydrogen-bond donors (Lipinski definition) is 1. The van der Waals surface area contributed by atoms with Gasteiger partial charge >= 0.3 is 6.03 Å². The second-order valence-electron chi connectivity index (χ2n) is 8.53. The van der Waals surface area contributed by atoms with Gasteiger partial charge in [0.2, 0.25) is 0 Å². The molecule has 0 bridgehead atoms. The summed E-state index contributed by atoms with van der Waals surface area (Å²) in [4.78, 5) is 12.9. The van der Waals surface area contributed by atoms with Crippen molar-refractivity contribution < 1.29 is 18.1 Å². The SMILES string of the molecule is CC[C@]1(C)Cn2ncc([S-](=O)=NC(=O)Nc3c4c(cc5c3C[C@H](F)C5)CCC4)c2O1. The van der Waals surface area contributed by atoms with E-state index in [9.17, 15) is 13.4 Å². The maximum Gasteiger partial charge on any atom is 0.322 e. The first-order valence-corrected chi connectivity index (χ1v) is 11.5. The van der Waals surface area contributed by atoms with E-state index in [2.05, 4.69) is 20.8 Å². The van der Waals surface area contributed by atoms with E-state index in [1.165, 1.54) is 11.8 Å². The Morgan fingerprint density at radius 2 is 2.23 bits per heavy atom. The lowest BCUT2D eigenvalue weighted by Crippen LogP contribution is -2.30. The maximum atomic E-state index is 14.0. The molecule has 0 saturated heterocycles. The topological polar surface area (TPSA) is 85.6 Å². The minimum absolute atomic E-state index is 0.287. The molecule has 1 aromatic heterocycles. The van der Waals surface area contributed by atoms with E-state index in [1.54, 1.807) is 4.68 Å². The molecule has 2 aliphatic carbocycles. The Labute approximate surface area is 176 Å². The summed E-state index contributed by atoms with van der Waals surface area (Å²) in [6.07, 6.45) is 4.75. The highest BCUT2D eigenvalue weighted by Gasteiger charge is 2.34. The van der Waals surface area contributed by atoms with Gasteiger partial charge in [-0.2, -0.15) is 5.10 Å². The highest BCUT2D eigenvalue weighted by Crippen LogP contribution is 2.39. The molecule has 2 amide bonds. The van der Waals surface area contributed by atoms with Crippen LogP contribution < -0.4 is 10.1 Å². The molecule has 0 spiro atoms. The number of hydrogen-bond acceptors (Lipinski definition) is 5. The van der Waals surface area contributed by atoms with E-state index in [1.807, 2.05) is 13.8 Å². The van der Waals surface area contributed by atoms with Crippen molar-refractivity contribution in [3.63, 3.8) is 0 Å². The number of aryl methyl sites for hydroxylation is 1. The van der Waals surface area contributed by atoms with E-state index in [0.717, 1.165) is 42.4 Å². The molecule has 2 aromatic rings. The molecular formula is C21H24FN4O3S-. The van der Waals surface area contributed by atoms with E-state index in [0.29, 0.717) is 31.0 Å². The summed E-state index contributed by atoms with van der Waals surface area (Å²) < 4.78 is 38.2. The number of nitrogens with zero attached hydrogens (tertiary/aromatic N) is 3. The zero-order valence-electron chi connectivity index (χ0n) is 17.0. The van der Waals surface area contributed by atoms with Crippen LogP contribution >= 0.6 is 0 Å². The number of urea groups is 1. The molecule has 0 fully saturated rings. The van der Waals surface area contributed by atoms with Gasteiger partial charge in [-0.3, -0.25) is 0 Å². The fourth-order valence-corrected chi connectivity index (χ4v) is 5.39. The molecule has 1 aliphatic heterocycles. The summed E-state index contributed by atoms with van der Waals surface area (Å²) in [5.41, 5.74) is 4.30. The molecule has 9 heteroatoms. The number of amides is 2. The summed E-state index contributed by atoms with van der Waals surface area (Å²) in [7, 11) is -1.95. The Balaban J connectivity index is 1.42. The molecule has 3 aliphatic rings. The van der Waals surface area contributed by atoms with Gasteiger partial charge in [-0.15, -0.1) is 10.6 Å². The van der Waals surface area contributed by atoms with Crippen molar-refractivity contribution in [1.82, 2.24) is 9.78 Å². The fourth-order valence-electron chi connectivity index (χ4n) is 4.66. The Hall–Kier alpha value is -2.42. The number of ether oxygens (including phenoxy) is 1. The minimum atomic E-state index is -1.95. The van der Waals surface area contributed by atoms with Gasteiger partial charge in [0.25, 0.3) is 0 Å². The molecule has 7 nitrogen and oxygen atoms in total. The van der Waals surface area contributed by atoms with Gasteiger partial charge in [-0.1, -0.05) is 13.0 Å². The summed E-state index contributed by atoms with van der Waals surface area (Å²) >= 11 is 0. The Kier molecular flexibility index (Phi) is 4.61. The molecule has 30 heavy (non-hydrogen) atoms. The van der Waals surface area contributed by atoms with Crippen molar-refractivity contribution in [2.45, 2.75) is 75.6 Å². The molecule has 1 N–H and O–H groups in total. The van der Waals surface area contributed by atoms with Crippen molar-refractivity contribution in [2.24, 2.45) is 4.36 Å². The number of benzene rings is 1. The quantitative estimate of drug-likeness (QED) is 0.741. The third kappa shape index (κ3) is 3.19. The molecule has 5 rings (SSSR count). The number of rotatable bonds is 3. The zero-order chi connectivity index (χ0) is 21.0. The van der Waals surface area contributed by atoms with Gasteiger partial charge in [0, 0.05) is 24.7 Å². The molecule has 160 valence electrons. The van der Waals surface area contributed by atoms with Crippen LogP contribution in [0.3, 0.4) is 0 Å². The smallest absolute Gasteiger partial charge is 0.322 e. The zero-order valence-corrected chi connectivity index (χ0v) is 17.9. The number of alkyl halides is 1. The van der Waals surface area contributed by atoms with Crippen molar-refractivity contribution in [3.05, 3.63) is 34.5 Å². The maximum absolute atomic E-state index is 14.0. The Morgan fingerprint density at radius 3 is 3.03 bits per heavy atom. The molecule has 1 aromatic carbocycles. The molecular weight excluding hydrogens is 407 g/mol. The van der Waals surface area contributed by atoms with Crippen LogP contribution in [0.4, 0.5) is 14.9 Å². The lowest BCUT2D eigenvalue weighted by Gasteiger charge is -2.21. The van der Waals surface area contributed by atoms with Gasteiger partial charge in [-0.25, -0.2) is 13.9 Å². The lowest BCUT2D eigenvalue weighted by atomic mass is 9.99. The summed E-state index contributed by atoms with van der Waals surface area (Å²) in [5, 5.41) is 7.04. The molecule has 0 radical (unpaired) electrons. The first kappa shape index (κ1) is 19.5. The number of halogens is 1. The van der Waals surface area contributed by atoms with Gasteiger partial charge in [0.15, 0.2) is 5.88 Å². The largest absolute Gasteiger partial charge is 0.471 e. The average molecular weight is 432 g/mol. The summed E-state index contributed by atoms with van der Waals surface area (Å²) in [6, 6.07) is 1.38. The van der Waals surface area contributed by atoms with Crippen molar-refractivity contribution in [1.29, 1.82) is 0 Å². The van der Waals surface area contributed by atoms with Crippen LogP contribution in [0.2, 0.25) is 0 Å². The monoisotopic (exact) mass is 431 g/mol. The number of carbonyl (C=O) groups is 1. The minimum Gasteiger partial charge on any atom is -0.471 e. The molecule has 0 saturated carbocycles. The van der Waals surface area contributed by atoms with Crippen LogP contribution in [-0.4, -0.2) is 27.6 Å². The standard InChI is InChI=1S/C21H24FN4O3S/c1-3-21(2)11-26-19(29-21)17(10-23-26)30(28)25-20(27)24-18-15-6-4-5-12(15)7-13-8-14(22)9-16(13)18/h7,10,14H,3-6,8-9,11H2,1-2H3,(H,24,27)/q-1/t14-,21-/m1/s1. The third-order valence-corrected chi connectivity index (χ3v) is 7.38. The number of nitrogens with one attached hydrogen (secondary N) is 1. The normalized spacial score (nSPS) is 25.0. The Morgan fingerprint density at radius 1 is 1.40 bits per heavy atom. The van der Waals surface area contributed by atoms with Crippen LogP contribution in [0.25, 0.3) is 0 Å². The summed E-state index contributed by atoms with van der Waals surface area (Å²) in [5.74, 6) is 0.399. The predicted octanol–water partition coefficient (Wildman–Crippen LogP) is 4.11. The van der Waals surface area contributed by atoms with E-state index in [-0.39, 0.29) is 4.90 Å². The van der Waals surface area contributed by atoms with Crippen molar-refractivity contribution >= 4 is 22.3 Å². The number of aromatic nitrogens is 2. The Bertz CT molecular complexity index is 1140. The number of fused-ring (bicyclic) bond motifs is 3. The van der Waals surface area contributed by atoms with Gasteiger partial charge in [0.05, 0.1) is 6.54 Å². The van der Waals surface area contributed by atoms with Crippen molar-refractivity contribution in [2.75, 3.05) is 5.32 Å². The average Bonchev–Trinajstić information content (AvgIpc) is 3.44. The van der Waals surface area contributed by atoms with Crippen molar-refractivity contribution in [3.8, 4) is 5.88 Å².